The van der Waals surface area contributed by atoms with Crippen LogP contribution in [0, 0.1) is 0 Å². The van der Waals surface area contributed by atoms with E-state index in [1.165, 1.54) is 24.7 Å². The van der Waals surface area contributed by atoms with Crippen LogP contribution < -0.4 is 0 Å². The molecular weight excluding hydrogens is 397 g/mol. The molecule has 0 N–H and O–H groups in total. The molecule has 0 saturated carbocycles. The molecule has 0 radical (unpaired) electrons. The van der Waals surface area contributed by atoms with E-state index >= 15 is 0 Å². The van der Waals surface area contributed by atoms with Crippen LogP contribution in [-0.4, -0.2) is 55.3 Å². The molecule has 1 fully saturated rings. The first-order valence-electron chi connectivity index (χ1n) is 8.85. The Balaban J connectivity index is 1.59. The maximum atomic E-state index is 13.6. The lowest BCUT2D eigenvalue weighted by Crippen LogP contribution is -2.45. The molecule has 1 aliphatic heterocycles. The Labute approximate surface area is 161 Å². The summed E-state index contributed by atoms with van der Waals surface area (Å²) in [6.45, 7) is -1.58. The number of aromatic nitrogens is 4. The van der Waals surface area contributed by atoms with Crippen molar-refractivity contribution in [3.63, 3.8) is 0 Å². The largest absolute Gasteiger partial charge is 0.408 e. The monoisotopic (exact) mass is 413 g/mol. The summed E-state index contributed by atoms with van der Waals surface area (Å²) in [5.41, 5.74) is 0.976. The first kappa shape index (κ1) is 19.3. The highest BCUT2D eigenvalue weighted by Crippen LogP contribution is 2.28. The smallest absolute Gasteiger partial charge is 0.333 e. The lowest BCUT2D eigenvalue weighted by Gasteiger charge is -2.32. The third-order valence-corrected chi connectivity index (χ3v) is 4.69. The topological polar surface area (TPSA) is 56.0 Å². The number of carbonyl (C=O) groups is 1. The number of amides is 1. The molecule has 0 atom stereocenters. The fourth-order valence-electron chi connectivity index (χ4n) is 3.42. The van der Waals surface area contributed by atoms with Gasteiger partial charge in [-0.2, -0.15) is 18.3 Å². The fraction of sp³-hybridized carbons (Fsp3) is 0.389. The minimum atomic E-state index is -4.39. The van der Waals surface area contributed by atoms with E-state index in [-0.39, 0.29) is 24.9 Å². The normalized spacial score (nSPS) is 17.1. The molecule has 1 saturated heterocycles. The average molecular weight is 413 g/mol. The summed E-state index contributed by atoms with van der Waals surface area (Å²) in [6, 6.07) is 3.18. The van der Waals surface area contributed by atoms with E-state index in [0.29, 0.717) is 16.7 Å². The van der Waals surface area contributed by atoms with Gasteiger partial charge in [0.2, 0.25) is 0 Å². The molecule has 4 rings (SSSR count). The van der Waals surface area contributed by atoms with E-state index in [1.54, 1.807) is 16.8 Å². The maximum absolute atomic E-state index is 13.6. The van der Waals surface area contributed by atoms with Gasteiger partial charge in [-0.1, -0.05) is 0 Å². The Kier molecular flexibility index (Phi) is 4.55. The van der Waals surface area contributed by atoms with Gasteiger partial charge < -0.3 is 4.90 Å². The van der Waals surface area contributed by atoms with Gasteiger partial charge in [0.1, 0.15) is 12.2 Å². The molecule has 4 heterocycles. The van der Waals surface area contributed by atoms with Crippen molar-refractivity contribution in [1.82, 2.24) is 24.2 Å². The van der Waals surface area contributed by atoms with Gasteiger partial charge >= 0.3 is 6.18 Å². The Hall–Kier alpha value is -2.98. The predicted molar refractivity (Wildman–Crippen MR) is 93.0 cm³/mol. The number of hydrogen-bond donors (Lipinski definition) is 0. The van der Waals surface area contributed by atoms with Crippen molar-refractivity contribution < 1.29 is 26.7 Å². The summed E-state index contributed by atoms with van der Waals surface area (Å²) in [4.78, 5) is 17.9. The standard InChI is InChI=1S/C18H16F5N5O/c19-17(20)3-1-4-26(10-17)16(29)13-6-12-2-5-28(15(12)24-7-13)14-8-25-27(9-14)11-18(21,22)23/h2,5-9H,1,3-4,10-11H2. The summed E-state index contributed by atoms with van der Waals surface area (Å²) in [6.07, 6.45) is 1.00. The van der Waals surface area contributed by atoms with Crippen molar-refractivity contribution in [2.75, 3.05) is 13.1 Å². The lowest BCUT2D eigenvalue weighted by molar-refractivity contribution is -0.142. The Morgan fingerprint density at radius 2 is 2.03 bits per heavy atom. The second-order valence-electron chi connectivity index (χ2n) is 7.02. The predicted octanol–water partition coefficient (Wildman–Crippen LogP) is 3.66. The number of nitrogens with zero attached hydrogens (tertiary/aromatic N) is 5. The van der Waals surface area contributed by atoms with Crippen LogP contribution in [0.2, 0.25) is 0 Å². The van der Waals surface area contributed by atoms with E-state index in [4.69, 9.17) is 0 Å². The molecular formula is C18H16F5N5O. The van der Waals surface area contributed by atoms with Crippen LogP contribution in [-0.2, 0) is 6.54 Å². The molecule has 154 valence electrons. The molecule has 0 bridgehead atoms. The molecule has 0 spiro atoms. The number of likely N-dealkylation sites (tertiary alicyclic amines) is 1. The number of hydrogen-bond acceptors (Lipinski definition) is 3. The van der Waals surface area contributed by atoms with Gasteiger partial charge in [0.25, 0.3) is 11.8 Å². The Bertz CT molecular complexity index is 1050. The third kappa shape index (κ3) is 4.08. The molecule has 6 nitrogen and oxygen atoms in total. The highest BCUT2D eigenvalue weighted by molar-refractivity contribution is 5.97. The zero-order valence-electron chi connectivity index (χ0n) is 15.0. The maximum Gasteiger partial charge on any atom is 0.408 e. The average Bonchev–Trinajstić information content (AvgIpc) is 3.24. The summed E-state index contributed by atoms with van der Waals surface area (Å²) in [7, 11) is 0. The molecule has 0 aromatic carbocycles. The summed E-state index contributed by atoms with van der Waals surface area (Å²) in [5.74, 6) is -3.42. The van der Waals surface area contributed by atoms with E-state index in [2.05, 4.69) is 10.1 Å². The van der Waals surface area contributed by atoms with Gasteiger partial charge in [-0.05, 0) is 18.6 Å². The first-order chi connectivity index (χ1) is 13.6. The SMILES string of the molecule is O=C(c1cnc2c(ccn2-c2cnn(CC(F)(F)F)c2)c1)N1CCCC(F)(F)C1. The minimum Gasteiger partial charge on any atom is -0.333 e. The molecule has 1 amide bonds. The number of fused-ring (bicyclic) bond motifs is 1. The number of carbonyl (C=O) groups excluding carboxylic acids is 1. The summed E-state index contributed by atoms with van der Waals surface area (Å²) in [5, 5.41) is 4.26. The highest BCUT2D eigenvalue weighted by atomic mass is 19.4. The highest BCUT2D eigenvalue weighted by Gasteiger charge is 2.37. The minimum absolute atomic E-state index is 0.181. The van der Waals surface area contributed by atoms with Gasteiger partial charge in [-0.25, -0.2) is 13.8 Å². The van der Waals surface area contributed by atoms with Crippen LogP contribution >= 0.6 is 0 Å². The second kappa shape index (κ2) is 6.82. The molecule has 3 aromatic heterocycles. The van der Waals surface area contributed by atoms with Crippen LogP contribution in [0.15, 0.2) is 36.9 Å². The van der Waals surface area contributed by atoms with E-state index < -0.39 is 31.1 Å². The van der Waals surface area contributed by atoms with Crippen molar-refractivity contribution in [3.05, 3.63) is 42.5 Å². The van der Waals surface area contributed by atoms with E-state index in [9.17, 15) is 26.7 Å². The van der Waals surface area contributed by atoms with Gasteiger partial charge in [-0.15, -0.1) is 0 Å². The number of rotatable bonds is 3. The van der Waals surface area contributed by atoms with E-state index in [0.717, 1.165) is 9.58 Å². The van der Waals surface area contributed by atoms with E-state index in [1.807, 2.05) is 0 Å². The molecule has 0 aliphatic carbocycles. The fourth-order valence-corrected chi connectivity index (χ4v) is 3.42. The van der Waals surface area contributed by atoms with Crippen molar-refractivity contribution >= 4 is 16.9 Å². The van der Waals surface area contributed by atoms with Gasteiger partial charge in [0.05, 0.1) is 24.0 Å². The molecule has 1 aliphatic rings. The number of halogens is 5. The molecule has 29 heavy (non-hydrogen) atoms. The quantitative estimate of drug-likeness (QED) is 0.616. The molecule has 0 unspecified atom stereocenters. The molecule has 3 aromatic rings. The van der Waals surface area contributed by atoms with Crippen LogP contribution in [0.25, 0.3) is 16.7 Å². The number of pyridine rings is 1. The lowest BCUT2D eigenvalue weighted by atomic mass is 10.1. The Morgan fingerprint density at radius 3 is 2.76 bits per heavy atom. The summed E-state index contributed by atoms with van der Waals surface area (Å²) >= 11 is 0. The van der Waals surface area contributed by atoms with Gasteiger partial charge in [-0.3, -0.25) is 14.0 Å². The van der Waals surface area contributed by atoms with Crippen molar-refractivity contribution in [2.24, 2.45) is 0 Å². The second-order valence-corrected chi connectivity index (χ2v) is 7.02. The third-order valence-electron chi connectivity index (χ3n) is 4.69. The zero-order valence-corrected chi connectivity index (χ0v) is 15.0. The zero-order chi connectivity index (χ0) is 20.8. The van der Waals surface area contributed by atoms with Crippen LogP contribution in [0.1, 0.15) is 23.2 Å². The van der Waals surface area contributed by atoms with Crippen molar-refractivity contribution in [1.29, 1.82) is 0 Å². The first-order valence-corrected chi connectivity index (χ1v) is 8.85. The number of piperidine rings is 1. The van der Waals surface area contributed by atoms with Gasteiger partial charge in [0.15, 0.2) is 0 Å². The molecule has 11 heteroatoms. The summed E-state index contributed by atoms with van der Waals surface area (Å²) < 4.78 is 67.0. The Morgan fingerprint density at radius 1 is 1.24 bits per heavy atom. The number of alkyl halides is 5. The van der Waals surface area contributed by atoms with Crippen molar-refractivity contribution in [2.45, 2.75) is 31.5 Å². The van der Waals surface area contributed by atoms with Crippen LogP contribution in [0.4, 0.5) is 22.0 Å². The van der Waals surface area contributed by atoms with Crippen LogP contribution in [0.3, 0.4) is 0 Å². The van der Waals surface area contributed by atoms with Gasteiger partial charge in [0, 0.05) is 36.9 Å². The van der Waals surface area contributed by atoms with Crippen molar-refractivity contribution in [3.8, 4) is 5.69 Å². The van der Waals surface area contributed by atoms with Crippen LogP contribution in [0.5, 0.6) is 0 Å².